The molecule has 0 aromatic heterocycles. The van der Waals surface area contributed by atoms with E-state index in [0.717, 1.165) is 29.5 Å². The van der Waals surface area contributed by atoms with Crippen molar-refractivity contribution in [3.63, 3.8) is 0 Å². The van der Waals surface area contributed by atoms with Crippen molar-refractivity contribution in [2.45, 2.75) is 65.1 Å². The van der Waals surface area contributed by atoms with Crippen molar-refractivity contribution >= 4 is 15.9 Å². The van der Waals surface area contributed by atoms with Crippen molar-refractivity contribution in [3.05, 3.63) is 28.2 Å². The molecule has 2 unspecified atom stereocenters. The molecule has 3 heteroatoms. The Labute approximate surface area is 130 Å². The van der Waals surface area contributed by atoms with Gasteiger partial charge in [-0.3, -0.25) is 0 Å². The van der Waals surface area contributed by atoms with Gasteiger partial charge in [0, 0.05) is 16.3 Å². The molecule has 2 nitrogen and oxygen atoms in total. The molecule has 0 spiro atoms. The van der Waals surface area contributed by atoms with Crippen LogP contribution in [0, 0.1) is 5.41 Å². The van der Waals surface area contributed by atoms with Crippen LogP contribution in [0.5, 0.6) is 5.75 Å². The number of rotatable bonds is 5. The molecule has 1 aromatic rings. The first kappa shape index (κ1) is 15.8. The fourth-order valence-corrected chi connectivity index (χ4v) is 3.68. The molecule has 1 aliphatic rings. The van der Waals surface area contributed by atoms with Crippen LogP contribution in [0.2, 0.25) is 0 Å². The lowest BCUT2D eigenvalue weighted by Gasteiger charge is -2.52. The van der Waals surface area contributed by atoms with E-state index in [1.54, 1.807) is 0 Å². The van der Waals surface area contributed by atoms with Crippen molar-refractivity contribution in [1.82, 2.24) is 0 Å². The van der Waals surface area contributed by atoms with E-state index >= 15 is 0 Å². The predicted molar refractivity (Wildman–Crippen MR) is 86.3 cm³/mol. The first-order chi connectivity index (χ1) is 9.44. The van der Waals surface area contributed by atoms with Gasteiger partial charge in [0.05, 0.1) is 6.10 Å². The molecule has 2 rings (SSSR count). The summed E-state index contributed by atoms with van der Waals surface area (Å²) in [5, 5.41) is 10.1. The average molecular weight is 341 g/mol. The maximum atomic E-state index is 10.1. The van der Waals surface area contributed by atoms with Crippen molar-refractivity contribution < 1.29 is 9.84 Å². The topological polar surface area (TPSA) is 29.5 Å². The summed E-state index contributed by atoms with van der Waals surface area (Å²) in [6, 6.07) is 6.20. The summed E-state index contributed by atoms with van der Waals surface area (Å²) in [4.78, 5) is 0. The number of ether oxygens (including phenoxy) is 1. The van der Waals surface area contributed by atoms with E-state index < -0.39 is 0 Å². The quantitative estimate of drug-likeness (QED) is 0.826. The number of halogens is 1. The number of hydrogen-bond donors (Lipinski definition) is 1. The van der Waals surface area contributed by atoms with Gasteiger partial charge in [-0.1, -0.05) is 43.6 Å². The number of benzene rings is 1. The third-order valence-corrected chi connectivity index (χ3v) is 5.42. The normalized spacial score (nSPS) is 24.6. The van der Waals surface area contributed by atoms with E-state index in [-0.39, 0.29) is 17.6 Å². The number of aliphatic hydroxyl groups excluding tert-OH is 1. The largest absolute Gasteiger partial charge is 0.489 e. The summed E-state index contributed by atoms with van der Waals surface area (Å²) in [5.74, 6) is 1.39. The van der Waals surface area contributed by atoms with E-state index in [1.807, 2.05) is 12.1 Å². The highest BCUT2D eigenvalue weighted by atomic mass is 79.9. The third kappa shape index (κ3) is 2.62. The lowest BCUT2D eigenvalue weighted by atomic mass is 9.60. The van der Waals surface area contributed by atoms with Gasteiger partial charge < -0.3 is 9.84 Å². The second kappa shape index (κ2) is 6.07. The Bertz CT molecular complexity index is 466. The van der Waals surface area contributed by atoms with Crippen LogP contribution in [0.1, 0.15) is 58.4 Å². The second-order valence-corrected chi connectivity index (χ2v) is 7.05. The fraction of sp³-hybridized carbons (Fsp3) is 0.647. The Morgan fingerprint density at radius 2 is 2.00 bits per heavy atom. The zero-order valence-electron chi connectivity index (χ0n) is 12.8. The van der Waals surface area contributed by atoms with E-state index in [1.165, 1.54) is 5.56 Å². The zero-order valence-corrected chi connectivity index (χ0v) is 14.4. The van der Waals surface area contributed by atoms with Gasteiger partial charge in [-0.05, 0) is 42.5 Å². The Morgan fingerprint density at radius 1 is 1.35 bits per heavy atom. The van der Waals surface area contributed by atoms with Crippen molar-refractivity contribution in [3.8, 4) is 5.75 Å². The molecule has 1 aliphatic carbocycles. The Balaban J connectivity index is 2.23. The van der Waals surface area contributed by atoms with E-state index in [9.17, 15) is 5.11 Å². The summed E-state index contributed by atoms with van der Waals surface area (Å²) in [5.41, 5.74) is 1.16. The minimum atomic E-state index is -0.222. The van der Waals surface area contributed by atoms with Gasteiger partial charge >= 0.3 is 0 Å². The van der Waals surface area contributed by atoms with E-state index in [4.69, 9.17) is 4.74 Å². The third-order valence-electron chi connectivity index (χ3n) is 4.92. The van der Waals surface area contributed by atoms with Crippen LogP contribution >= 0.6 is 15.9 Å². The molecule has 0 radical (unpaired) electrons. The van der Waals surface area contributed by atoms with Gasteiger partial charge in [0.15, 0.2) is 0 Å². The molecule has 0 saturated heterocycles. The summed E-state index contributed by atoms with van der Waals surface area (Å²) in [7, 11) is 0. The highest BCUT2D eigenvalue weighted by molar-refractivity contribution is 9.10. The van der Waals surface area contributed by atoms with E-state index in [0.29, 0.717) is 5.92 Å². The Hall–Kier alpha value is -0.540. The molecule has 1 saturated carbocycles. The van der Waals surface area contributed by atoms with Crippen LogP contribution in [0.15, 0.2) is 22.7 Å². The SMILES string of the molecule is CCC1(CC)C(O)CC1Oc1ccc(Br)cc1C(C)C. The average Bonchev–Trinajstić information content (AvgIpc) is 2.41. The van der Waals surface area contributed by atoms with Crippen LogP contribution in [-0.4, -0.2) is 17.3 Å². The fourth-order valence-electron chi connectivity index (χ4n) is 3.30. The standard InChI is InChI=1S/C17H25BrO2/c1-5-17(6-2)15(19)10-16(17)20-14-8-7-12(18)9-13(14)11(3)4/h7-9,11,15-16,19H,5-6,10H2,1-4H3. The smallest absolute Gasteiger partial charge is 0.123 e. The lowest BCUT2D eigenvalue weighted by molar-refractivity contribution is -0.159. The highest BCUT2D eigenvalue weighted by Crippen LogP contribution is 2.49. The van der Waals surface area contributed by atoms with Gasteiger partial charge in [0.25, 0.3) is 0 Å². The van der Waals surface area contributed by atoms with Gasteiger partial charge in [-0.2, -0.15) is 0 Å². The van der Waals surface area contributed by atoms with Crippen LogP contribution in [0.3, 0.4) is 0 Å². The molecule has 0 aliphatic heterocycles. The molecule has 2 atom stereocenters. The monoisotopic (exact) mass is 340 g/mol. The zero-order chi connectivity index (χ0) is 14.9. The highest BCUT2D eigenvalue weighted by Gasteiger charge is 2.53. The summed E-state index contributed by atoms with van der Waals surface area (Å²) >= 11 is 3.53. The van der Waals surface area contributed by atoms with Crippen molar-refractivity contribution in [2.24, 2.45) is 5.41 Å². The lowest BCUT2D eigenvalue weighted by Crippen LogP contribution is -2.59. The van der Waals surface area contributed by atoms with Crippen molar-refractivity contribution in [1.29, 1.82) is 0 Å². The molecule has 0 heterocycles. The predicted octanol–water partition coefficient (Wildman–Crippen LogP) is 4.89. The van der Waals surface area contributed by atoms with Crippen LogP contribution in [0.4, 0.5) is 0 Å². The maximum absolute atomic E-state index is 10.1. The minimum Gasteiger partial charge on any atom is -0.489 e. The van der Waals surface area contributed by atoms with Crippen LogP contribution < -0.4 is 4.74 Å². The number of hydrogen-bond acceptors (Lipinski definition) is 2. The summed E-state index contributed by atoms with van der Waals surface area (Å²) < 4.78 is 7.37. The minimum absolute atomic E-state index is 0.0681. The van der Waals surface area contributed by atoms with Gasteiger partial charge in [-0.25, -0.2) is 0 Å². The Morgan fingerprint density at radius 3 is 2.50 bits per heavy atom. The Kier molecular flexibility index (Phi) is 4.80. The first-order valence-electron chi connectivity index (χ1n) is 7.58. The molecule has 0 bridgehead atoms. The molecule has 0 amide bonds. The number of aliphatic hydroxyl groups is 1. The summed E-state index contributed by atoms with van der Waals surface area (Å²) in [6.07, 6.45) is 2.58. The molecule has 20 heavy (non-hydrogen) atoms. The van der Waals surface area contributed by atoms with E-state index in [2.05, 4.69) is 49.7 Å². The maximum Gasteiger partial charge on any atom is 0.123 e. The molecular formula is C17H25BrO2. The molecule has 112 valence electrons. The van der Waals surface area contributed by atoms with Gasteiger partial charge in [-0.15, -0.1) is 0 Å². The van der Waals surface area contributed by atoms with Gasteiger partial charge in [0.1, 0.15) is 11.9 Å². The molecule has 1 N–H and O–H groups in total. The van der Waals surface area contributed by atoms with Crippen LogP contribution in [0.25, 0.3) is 0 Å². The first-order valence-corrected chi connectivity index (χ1v) is 8.38. The summed E-state index contributed by atoms with van der Waals surface area (Å²) in [6.45, 7) is 8.65. The molecule has 1 fully saturated rings. The van der Waals surface area contributed by atoms with Gasteiger partial charge in [0.2, 0.25) is 0 Å². The molecule has 1 aromatic carbocycles. The molecular weight excluding hydrogens is 316 g/mol. The van der Waals surface area contributed by atoms with Crippen LogP contribution in [-0.2, 0) is 0 Å². The second-order valence-electron chi connectivity index (χ2n) is 6.14. The van der Waals surface area contributed by atoms with Crippen molar-refractivity contribution in [2.75, 3.05) is 0 Å².